The highest BCUT2D eigenvalue weighted by Crippen LogP contribution is 2.23. The molecule has 3 rings (SSSR count). The molecule has 3 aromatic rings. The maximum Gasteiger partial charge on any atom is 0.332 e. The maximum absolute atomic E-state index is 13.2. The van der Waals surface area contributed by atoms with Crippen LogP contribution in [-0.2, 0) is 20.6 Å². The fourth-order valence-corrected chi connectivity index (χ4v) is 3.80. The van der Waals surface area contributed by atoms with E-state index in [1.807, 2.05) is 6.08 Å². The minimum absolute atomic E-state index is 0.319. The van der Waals surface area contributed by atoms with Crippen molar-refractivity contribution in [3.05, 3.63) is 67.6 Å². The van der Waals surface area contributed by atoms with Gasteiger partial charge in [0.25, 0.3) is 5.56 Å². The first-order valence-electron chi connectivity index (χ1n) is 8.15. The number of hydrogen-bond acceptors (Lipinski definition) is 4. The smallest absolute Gasteiger partial charge is 0.309 e. The summed E-state index contributed by atoms with van der Waals surface area (Å²) < 4.78 is 17.4. The Morgan fingerprint density at radius 3 is 2.52 bits per heavy atom. The van der Waals surface area contributed by atoms with E-state index in [9.17, 15) is 14.0 Å². The Labute approximate surface area is 163 Å². The topological polar surface area (TPSA) is 61.8 Å². The molecule has 6 nitrogen and oxygen atoms in total. The van der Waals surface area contributed by atoms with Crippen molar-refractivity contribution in [3.63, 3.8) is 0 Å². The standard InChI is InChI=1S/C18H18ClFN4O2S/c1-11(19)8-9-27-17-21-15-14(16(25)23(3)18(26)22(15)2)24(17)10-12-4-6-13(20)7-5-12/h4-8H,9-10H2,1-3H3/b11-8-. The van der Waals surface area contributed by atoms with E-state index < -0.39 is 11.2 Å². The van der Waals surface area contributed by atoms with E-state index in [1.165, 1.54) is 35.5 Å². The summed E-state index contributed by atoms with van der Waals surface area (Å²) in [4.78, 5) is 29.5. The van der Waals surface area contributed by atoms with E-state index in [-0.39, 0.29) is 5.82 Å². The van der Waals surface area contributed by atoms with Crippen molar-refractivity contribution >= 4 is 34.5 Å². The monoisotopic (exact) mass is 408 g/mol. The van der Waals surface area contributed by atoms with Crippen LogP contribution in [0.25, 0.3) is 11.2 Å². The van der Waals surface area contributed by atoms with Crippen molar-refractivity contribution < 1.29 is 4.39 Å². The highest BCUT2D eigenvalue weighted by molar-refractivity contribution is 7.99. The molecule has 0 fully saturated rings. The van der Waals surface area contributed by atoms with Crippen molar-refractivity contribution in [1.29, 1.82) is 0 Å². The summed E-state index contributed by atoms with van der Waals surface area (Å²) in [5.41, 5.74) is 0.611. The lowest BCUT2D eigenvalue weighted by Crippen LogP contribution is -2.37. The minimum atomic E-state index is -0.438. The molecule has 1 aromatic carbocycles. The molecule has 2 heterocycles. The summed E-state index contributed by atoms with van der Waals surface area (Å²) in [6, 6.07) is 6.05. The molecule has 0 aliphatic carbocycles. The molecule has 0 saturated carbocycles. The van der Waals surface area contributed by atoms with Crippen LogP contribution < -0.4 is 11.2 Å². The second-order valence-electron chi connectivity index (χ2n) is 6.09. The van der Waals surface area contributed by atoms with Crippen molar-refractivity contribution in [3.8, 4) is 0 Å². The van der Waals surface area contributed by atoms with Crippen molar-refractivity contribution in [2.75, 3.05) is 5.75 Å². The van der Waals surface area contributed by atoms with Crippen LogP contribution in [0.2, 0.25) is 0 Å². The second kappa shape index (κ2) is 7.74. The number of nitrogens with zero attached hydrogens (tertiary/aromatic N) is 4. The van der Waals surface area contributed by atoms with Gasteiger partial charge in [0.1, 0.15) is 5.82 Å². The fourth-order valence-electron chi connectivity index (χ4n) is 2.69. The number of thioether (sulfide) groups is 1. The van der Waals surface area contributed by atoms with Crippen LogP contribution in [0.15, 0.2) is 50.1 Å². The number of benzene rings is 1. The summed E-state index contributed by atoms with van der Waals surface area (Å²) in [5.74, 6) is 0.237. The number of rotatable bonds is 5. The van der Waals surface area contributed by atoms with E-state index in [4.69, 9.17) is 11.6 Å². The third kappa shape index (κ3) is 3.86. The average molecular weight is 409 g/mol. The molecule has 2 aromatic heterocycles. The number of hydrogen-bond donors (Lipinski definition) is 0. The number of imidazole rings is 1. The van der Waals surface area contributed by atoms with Gasteiger partial charge in [-0.2, -0.15) is 0 Å². The molecule has 0 N–H and O–H groups in total. The van der Waals surface area contributed by atoms with Gasteiger partial charge in [0.15, 0.2) is 16.3 Å². The number of halogens is 2. The summed E-state index contributed by atoms with van der Waals surface area (Å²) in [7, 11) is 3.02. The van der Waals surface area contributed by atoms with Gasteiger partial charge in [-0.25, -0.2) is 14.2 Å². The Hall–Kier alpha value is -2.32. The first-order valence-corrected chi connectivity index (χ1v) is 9.51. The average Bonchev–Trinajstić information content (AvgIpc) is 2.98. The van der Waals surface area contributed by atoms with Crippen LogP contribution in [0, 0.1) is 5.82 Å². The quantitative estimate of drug-likeness (QED) is 0.609. The van der Waals surface area contributed by atoms with Gasteiger partial charge in [0.2, 0.25) is 0 Å². The molecule has 0 unspecified atom stereocenters. The zero-order valence-electron chi connectivity index (χ0n) is 15.1. The molecule has 9 heteroatoms. The maximum atomic E-state index is 13.2. The molecule has 0 aliphatic rings. The molecule has 0 spiro atoms. The lowest BCUT2D eigenvalue weighted by Gasteiger charge is -2.09. The zero-order valence-corrected chi connectivity index (χ0v) is 16.6. The molecule has 0 aliphatic heterocycles. The molecular weight excluding hydrogens is 391 g/mol. The number of allylic oxidation sites excluding steroid dienone is 1. The summed E-state index contributed by atoms with van der Waals surface area (Å²) in [6.07, 6.45) is 1.84. The molecule has 142 valence electrons. The summed E-state index contributed by atoms with van der Waals surface area (Å²) in [5, 5.41) is 1.24. The van der Waals surface area contributed by atoms with Crippen LogP contribution in [0.1, 0.15) is 12.5 Å². The van der Waals surface area contributed by atoms with E-state index in [0.29, 0.717) is 33.7 Å². The summed E-state index contributed by atoms with van der Waals surface area (Å²) in [6.45, 7) is 2.11. The SMILES string of the molecule is C/C(Cl)=C/CSc1nc2c(c(=O)n(C)c(=O)n2C)n1Cc1ccc(F)cc1. The molecule has 0 radical (unpaired) electrons. The van der Waals surface area contributed by atoms with Crippen LogP contribution in [-0.4, -0.2) is 24.4 Å². The number of aromatic nitrogens is 4. The van der Waals surface area contributed by atoms with Gasteiger partial charge in [-0.05, 0) is 24.6 Å². The lowest BCUT2D eigenvalue weighted by atomic mass is 10.2. The second-order valence-corrected chi connectivity index (χ2v) is 7.67. The lowest BCUT2D eigenvalue weighted by molar-refractivity contribution is 0.625. The Kier molecular flexibility index (Phi) is 5.57. The highest BCUT2D eigenvalue weighted by Gasteiger charge is 2.19. The molecule has 0 atom stereocenters. The third-order valence-corrected chi connectivity index (χ3v) is 5.20. The normalized spacial score (nSPS) is 12.1. The Morgan fingerprint density at radius 1 is 1.22 bits per heavy atom. The van der Waals surface area contributed by atoms with E-state index >= 15 is 0 Å². The molecule has 0 amide bonds. The molecule has 0 bridgehead atoms. The van der Waals surface area contributed by atoms with Crippen LogP contribution in [0.3, 0.4) is 0 Å². The first kappa shape index (κ1) is 19.4. The molecule has 27 heavy (non-hydrogen) atoms. The predicted molar refractivity (Wildman–Crippen MR) is 106 cm³/mol. The van der Waals surface area contributed by atoms with Gasteiger partial charge in [-0.3, -0.25) is 13.9 Å². The van der Waals surface area contributed by atoms with Gasteiger partial charge < -0.3 is 4.57 Å². The largest absolute Gasteiger partial charge is 0.332 e. The first-order chi connectivity index (χ1) is 12.8. The zero-order chi connectivity index (χ0) is 19.7. The van der Waals surface area contributed by atoms with Gasteiger partial charge in [-0.1, -0.05) is 41.6 Å². The van der Waals surface area contributed by atoms with Crippen molar-refractivity contribution in [2.24, 2.45) is 14.1 Å². The molecular formula is C18H18ClFN4O2S. The van der Waals surface area contributed by atoms with Gasteiger partial charge in [0.05, 0.1) is 6.54 Å². The van der Waals surface area contributed by atoms with Gasteiger partial charge >= 0.3 is 5.69 Å². The fraction of sp³-hybridized carbons (Fsp3) is 0.278. The van der Waals surface area contributed by atoms with Crippen molar-refractivity contribution in [1.82, 2.24) is 18.7 Å². The van der Waals surface area contributed by atoms with E-state index in [0.717, 1.165) is 10.1 Å². The Morgan fingerprint density at radius 2 is 1.89 bits per heavy atom. The highest BCUT2D eigenvalue weighted by atomic mass is 35.5. The summed E-state index contributed by atoms with van der Waals surface area (Å²) >= 11 is 7.29. The van der Waals surface area contributed by atoms with E-state index in [1.54, 1.807) is 30.7 Å². The minimum Gasteiger partial charge on any atom is -0.309 e. The van der Waals surface area contributed by atoms with Gasteiger partial charge in [-0.15, -0.1) is 0 Å². The number of aryl methyl sites for hydroxylation is 1. The number of fused-ring (bicyclic) bond motifs is 1. The predicted octanol–water partition coefficient (Wildman–Crippen LogP) is 2.86. The third-order valence-electron chi connectivity index (χ3n) is 4.14. The molecule has 0 saturated heterocycles. The Balaban J connectivity index is 2.19. The van der Waals surface area contributed by atoms with Crippen LogP contribution >= 0.6 is 23.4 Å². The van der Waals surface area contributed by atoms with E-state index in [2.05, 4.69) is 4.98 Å². The van der Waals surface area contributed by atoms with Crippen LogP contribution in [0.4, 0.5) is 4.39 Å². The van der Waals surface area contributed by atoms with Crippen LogP contribution in [0.5, 0.6) is 0 Å². The van der Waals surface area contributed by atoms with Crippen molar-refractivity contribution in [2.45, 2.75) is 18.6 Å². The Bertz CT molecular complexity index is 1140. The van der Waals surface area contributed by atoms with Gasteiger partial charge in [0, 0.05) is 24.9 Å².